The first kappa shape index (κ1) is 13.4. The molecular formula is C11H23NO2. The van der Waals surface area contributed by atoms with Crippen molar-refractivity contribution in [2.75, 3.05) is 0 Å². The maximum absolute atomic E-state index is 10.6. The Morgan fingerprint density at radius 3 is 2.21 bits per heavy atom. The van der Waals surface area contributed by atoms with Gasteiger partial charge < -0.3 is 10.4 Å². The molecule has 84 valence electrons. The van der Waals surface area contributed by atoms with E-state index in [9.17, 15) is 4.79 Å². The van der Waals surface area contributed by atoms with Crippen LogP contribution in [0.15, 0.2) is 0 Å². The Morgan fingerprint density at radius 2 is 1.86 bits per heavy atom. The molecule has 0 saturated carbocycles. The third kappa shape index (κ3) is 6.89. The van der Waals surface area contributed by atoms with Crippen LogP contribution in [0, 0.1) is 5.41 Å². The molecule has 0 rings (SSSR count). The van der Waals surface area contributed by atoms with E-state index in [1.54, 1.807) is 6.92 Å². The summed E-state index contributed by atoms with van der Waals surface area (Å²) < 4.78 is 0. The van der Waals surface area contributed by atoms with E-state index in [0.717, 1.165) is 12.8 Å². The van der Waals surface area contributed by atoms with Crippen LogP contribution in [-0.4, -0.2) is 23.2 Å². The zero-order chi connectivity index (χ0) is 11.4. The van der Waals surface area contributed by atoms with Crippen molar-refractivity contribution < 1.29 is 9.90 Å². The topological polar surface area (TPSA) is 49.3 Å². The zero-order valence-electron chi connectivity index (χ0n) is 9.92. The lowest BCUT2D eigenvalue weighted by Crippen LogP contribution is -2.40. The molecule has 0 aromatic rings. The minimum atomic E-state index is -0.785. The molecule has 0 bridgehead atoms. The van der Waals surface area contributed by atoms with Gasteiger partial charge in [0, 0.05) is 6.04 Å². The molecule has 2 N–H and O–H groups in total. The van der Waals surface area contributed by atoms with Crippen LogP contribution in [0.1, 0.15) is 47.5 Å². The van der Waals surface area contributed by atoms with Gasteiger partial charge in [0.2, 0.25) is 0 Å². The van der Waals surface area contributed by atoms with Gasteiger partial charge in [-0.2, -0.15) is 0 Å². The second kappa shape index (κ2) is 5.35. The summed E-state index contributed by atoms with van der Waals surface area (Å²) in [4.78, 5) is 10.6. The summed E-state index contributed by atoms with van der Waals surface area (Å²) in [7, 11) is 0. The monoisotopic (exact) mass is 201 g/mol. The Kier molecular flexibility index (Phi) is 5.13. The van der Waals surface area contributed by atoms with Crippen LogP contribution in [0.4, 0.5) is 0 Å². The fraction of sp³-hybridized carbons (Fsp3) is 0.909. The molecule has 2 unspecified atom stereocenters. The van der Waals surface area contributed by atoms with E-state index >= 15 is 0 Å². The number of nitrogens with one attached hydrogen (secondary N) is 1. The molecule has 0 aromatic heterocycles. The third-order valence-corrected chi connectivity index (χ3v) is 2.23. The number of aliphatic carboxylic acids is 1. The SMILES string of the molecule is CC(CCC(C)(C)C)NC(C)C(=O)O. The highest BCUT2D eigenvalue weighted by molar-refractivity contribution is 5.72. The lowest BCUT2D eigenvalue weighted by molar-refractivity contribution is -0.139. The highest BCUT2D eigenvalue weighted by Gasteiger charge is 2.16. The van der Waals surface area contributed by atoms with Crippen molar-refractivity contribution in [2.45, 2.75) is 59.5 Å². The Balaban J connectivity index is 3.76. The number of carboxylic acid groups (broad SMARTS) is 1. The maximum atomic E-state index is 10.6. The first-order valence-electron chi connectivity index (χ1n) is 5.21. The van der Waals surface area contributed by atoms with E-state index in [2.05, 4.69) is 26.1 Å². The Bertz CT molecular complexity index is 184. The summed E-state index contributed by atoms with van der Waals surface area (Å²) in [5.41, 5.74) is 0.322. The Morgan fingerprint density at radius 1 is 1.36 bits per heavy atom. The van der Waals surface area contributed by atoms with Gasteiger partial charge in [0.25, 0.3) is 0 Å². The van der Waals surface area contributed by atoms with Gasteiger partial charge in [0.1, 0.15) is 6.04 Å². The smallest absolute Gasteiger partial charge is 0.320 e. The van der Waals surface area contributed by atoms with Crippen LogP contribution < -0.4 is 5.32 Å². The normalized spacial score (nSPS) is 16.4. The van der Waals surface area contributed by atoms with Crippen LogP contribution >= 0.6 is 0 Å². The van der Waals surface area contributed by atoms with Gasteiger partial charge in [0.05, 0.1) is 0 Å². The number of hydrogen-bond acceptors (Lipinski definition) is 2. The number of carboxylic acids is 1. The molecular weight excluding hydrogens is 178 g/mol. The average molecular weight is 201 g/mol. The molecule has 0 aromatic carbocycles. The molecule has 2 atom stereocenters. The van der Waals surface area contributed by atoms with Gasteiger partial charge in [-0.25, -0.2) is 0 Å². The lowest BCUT2D eigenvalue weighted by Gasteiger charge is -2.22. The van der Waals surface area contributed by atoms with Gasteiger partial charge in [-0.1, -0.05) is 20.8 Å². The average Bonchev–Trinajstić information content (AvgIpc) is 1.99. The lowest BCUT2D eigenvalue weighted by atomic mass is 9.89. The molecule has 0 aliphatic heterocycles. The van der Waals surface area contributed by atoms with Gasteiger partial charge in [-0.15, -0.1) is 0 Å². The third-order valence-electron chi connectivity index (χ3n) is 2.23. The van der Waals surface area contributed by atoms with Crippen molar-refractivity contribution in [3.8, 4) is 0 Å². The van der Waals surface area contributed by atoms with E-state index in [1.165, 1.54) is 0 Å². The minimum Gasteiger partial charge on any atom is -0.480 e. The number of rotatable bonds is 5. The van der Waals surface area contributed by atoms with E-state index in [0.29, 0.717) is 5.41 Å². The second-order valence-corrected chi connectivity index (χ2v) is 5.23. The second-order valence-electron chi connectivity index (χ2n) is 5.23. The number of hydrogen-bond donors (Lipinski definition) is 2. The van der Waals surface area contributed by atoms with Crippen molar-refractivity contribution in [3.63, 3.8) is 0 Å². The van der Waals surface area contributed by atoms with Gasteiger partial charge in [0.15, 0.2) is 0 Å². The molecule has 3 nitrogen and oxygen atoms in total. The molecule has 14 heavy (non-hydrogen) atoms. The van der Waals surface area contributed by atoms with Crippen LogP contribution in [0.5, 0.6) is 0 Å². The molecule has 0 amide bonds. The van der Waals surface area contributed by atoms with Crippen LogP contribution in [0.3, 0.4) is 0 Å². The fourth-order valence-corrected chi connectivity index (χ4v) is 1.23. The van der Waals surface area contributed by atoms with Gasteiger partial charge in [-0.3, -0.25) is 4.79 Å². The quantitative estimate of drug-likeness (QED) is 0.717. The van der Waals surface area contributed by atoms with Crippen LogP contribution in [0.2, 0.25) is 0 Å². The molecule has 0 aliphatic carbocycles. The molecule has 0 heterocycles. The van der Waals surface area contributed by atoms with Crippen molar-refractivity contribution in [3.05, 3.63) is 0 Å². The van der Waals surface area contributed by atoms with E-state index < -0.39 is 12.0 Å². The van der Waals surface area contributed by atoms with Gasteiger partial charge >= 0.3 is 5.97 Å². The van der Waals surface area contributed by atoms with Gasteiger partial charge in [-0.05, 0) is 32.1 Å². The maximum Gasteiger partial charge on any atom is 0.320 e. The zero-order valence-corrected chi connectivity index (χ0v) is 9.92. The Hall–Kier alpha value is -0.570. The number of carbonyl (C=O) groups is 1. The summed E-state index contributed by atoms with van der Waals surface area (Å²) in [5.74, 6) is -0.785. The first-order chi connectivity index (χ1) is 6.22. The van der Waals surface area contributed by atoms with E-state index in [-0.39, 0.29) is 6.04 Å². The minimum absolute atomic E-state index is 0.264. The predicted octanol–water partition coefficient (Wildman–Crippen LogP) is 2.26. The van der Waals surface area contributed by atoms with Crippen molar-refractivity contribution in [1.82, 2.24) is 5.32 Å². The molecule has 0 fully saturated rings. The van der Waals surface area contributed by atoms with E-state index in [1.807, 2.05) is 6.92 Å². The summed E-state index contributed by atoms with van der Waals surface area (Å²) in [6.07, 6.45) is 2.12. The summed E-state index contributed by atoms with van der Waals surface area (Å²) in [6, 6.07) is -0.190. The largest absolute Gasteiger partial charge is 0.480 e. The molecule has 0 spiro atoms. The molecule has 0 radical (unpaired) electrons. The molecule has 0 saturated heterocycles. The summed E-state index contributed by atoms with van der Waals surface area (Å²) in [5, 5.41) is 11.7. The van der Waals surface area contributed by atoms with Crippen molar-refractivity contribution in [1.29, 1.82) is 0 Å². The summed E-state index contributed by atoms with van der Waals surface area (Å²) >= 11 is 0. The first-order valence-corrected chi connectivity index (χ1v) is 5.21. The van der Waals surface area contributed by atoms with Crippen molar-refractivity contribution >= 4 is 5.97 Å². The highest BCUT2D eigenvalue weighted by Crippen LogP contribution is 2.21. The molecule has 0 aliphatic rings. The standard InChI is InChI=1S/C11H23NO2/c1-8(6-7-11(3,4)5)12-9(2)10(13)14/h8-9,12H,6-7H2,1-5H3,(H,13,14). The van der Waals surface area contributed by atoms with Crippen LogP contribution in [0.25, 0.3) is 0 Å². The Labute approximate surface area is 86.9 Å². The predicted molar refractivity (Wildman–Crippen MR) is 58.4 cm³/mol. The summed E-state index contributed by atoms with van der Waals surface area (Å²) in [6.45, 7) is 10.3. The fourth-order valence-electron chi connectivity index (χ4n) is 1.23. The van der Waals surface area contributed by atoms with E-state index in [4.69, 9.17) is 5.11 Å². The van der Waals surface area contributed by atoms with Crippen molar-refractivity contribution in [2.24, 2.45) is 5.41 Å². The highest BCUT2D eigenvalue weighted by atomic mass is 16.4. The molecule has 3 heteroatoms. The van der Waals surface area contributed by atoms with Crippen LogP contribution in [-0.2, 0) is 4.79 Å².